The summed E-state index contributed by atoms with van der Waals surface area (Å²) in [4.78, 5) is 10.2. The Morgan fingerprint density at radius 1 is 1.25 bits per heavy atom. The molecule has 0 radical (unpaired) electrons. The molecule has 0 heterocycles. The first-order chi connectivity index (χ1) is 11.5. The van der Waals surface area contributed by atoms with Gasteiger partial charge in [-0.1, -0.05) is 11.6 Å². The lowest BCUT2D eigenvalue weighted by Crippen LogP contribution is -1.99. The first kappa shape index (κ1) is 17.4. The zero-order valence-electron chi connectivity index (χ0n) is 12.9. The van der Waals surface area contributed by atoms with Crippen LogP contribution in [-0.4, -0.2) is 11.5 Å². The predicted octanol–water partition coefficient (Wildman–Crippen LogP) is 5.30. The maximum Gasteiger partial charge on any atom is 0.271 e. The van der Waals surface area contributed by atoms with E-state index in [1.165, 1.54) is 18.2 Å². The van der Waals surface area contributed by atoms with Crippen molar-refractivity contribution in [3.8, 4) is 6.07 Å². The number of nitriles is 1. The Kier molecular flexibility index (Phi) is 5.82. The van der Waals surface area contributed by atoms with Crippen LogP contribution in [0.2, 0.25) is 5.02 Å². The molecule has 2 aromatic carbocycles. The van der Waals surface area contributed by atoms with E-state index >= 15 is 0 Å². The third-order valence-corrected chi connectivity index (χ3v) is 3.47. The molecule has 2 rings (SSSR count). The Morgan fingerprint density at radius 2 is 1.96 bits per heavy atom. The number of nitro benzene ring substituents is 1. The molecule has 0 unspecified atom stereocenters. The number of hydrogen-bond donors (Lipinski definition) is 1. The molecular weight excluding hydrogens is 330 g/mol. The fraction of sp³-hybridized carbons (Fsp3) is 0.188. The van der Waals surface area contributed by atoms with Crippen molar-refractivity contribution in [2.75, 3.05) is 11.9 Å². The molecule has 2 aromatic rings. The number of non-ortho nitro benzene ring substituents is 1. The molecule has 0 aliphatic heterocycles. The average Bonchev–Trinajstić information content (AvgIpc) is 2.55. The summed E-state index contributed by atoms with van der Waals surface area (Å²) in [6.07, 6.45) is 0.430. The summed E-state index contributed by atoms with van der Waals surface area (Å²) < 4.78 is 0. The van der Waals surface area contributed by atoms with Crippen LogP contribution in [0, 0.1) is 28.4 Å². The van der Waals surface area contributed by atoms with Crippen LogP contribution < -0.4 is 5.32 Å². The van der Waals surface area contributed by atoms with Crippen LogP contribution in [-0.2, 0) is 0 Å². The minimum absolute atomic E-state index is 0.0945. The number of aryl methyl sites for hydroxylation is 1. The average molecular weight is 344 g/mol. The highest BCUT2D eigenvalue weighted by Crippen LogP contribution is 2.31. The minimum atomic E-state index is -0.519. The van der Waals surface area contributed by atoms with Gasteiger partial charge in [-0.2, -0.15) is 10.4 Å². The molecule has 0 saturated carbocycles. The number of azo groups is 1. The molecule has 0 spiro atoms. The Morgan fingerprint density at radius 3 is 2.58 bits per heavy atom. The van der Waals surface area contributed by atoms with Crippen LogP contribution in [0.15, 0.2) is 46.6 Å². The number of hydrogen-bond acceptors (Lipinski definition) is 6. The fourth-order valence-corrected chi connectivity index (χ4v) is 2.15. The van der Waals surface area contributed by atoms with Gasteiger partial charge in [-0.3, -0.25) is 10.1 Å². The van der Waals surface area contributed by atoms with Gasteiger partial charge in [-0.15, -0.1) is 5.11 Å². The molecule has 1 N–H and O–H groups in total. The maximum atomic E-state index is 10.7. The molecule has 24 heavy (non-hydrogen) atoms. The fourth-order valence-electron chi connectivity index (χ4n) is 1.94. The van der Waals surface area contributed by atoms with Crippen molar-refractivity contribution >= 4 is 34.4 Å². The standard InChI is InChI=1S/C16H14ClN5O2/c1-11-9-12(19-8-2-7-18)3-5-15(11)20-21-16-6-4-13(22(23)24)10-14(16)17/h3-6,9-10,19H,2,8H2,1H3. The van der Waals surface area contributed by atoms with Crippen LogP contribution in [0.5, 0.6) is 0 Å². The predicted molar refractivity (Wildman–Crippen MR) is 92.2 cm³/mol. The molecule has 8 heteroatoms. The number of rotatable bonds is 6. The number of nitrogens with zero attached hydrogens (tertiary/aromatic N) is 4. The lowest BCUT2D eigenvalue weighted by molar-refractivity contribution is -0.384. The molecule has 0 aromatic heterocycles. The molecule has 0 amide bonds. The van der Waals surface area contributed by atoms with Gasteiger partial charge in [0.05, 0.1) is 28.1 Å². The summed E-state index contributed by atoms with van der Waals surface area (Å²) >= 11 is 5.98. The largest absolute Gasteiger partial charge is 0.384 e. The smallest absolute Gasteiger partial charge is 0.271 e. The van der Waals surface area contributed by atoms with E-state index < -0.39 is 4.92 Å². The molecule has 0 saturated heterocycles. The van der Waals surface area contributed by atoms with Crippen molar-refractivity contribution in [2.24, 2.45) is 10.2 Å². The molecular formula is C16H14ClN5O2. The van der Waals surface area contributed by atoms with Crippen molar-refractivity contribution in [2.45, 2.75) is 13.3 Å². The van der Waals surface area contributed by atoms with Gasteiger partial charge in [0.25, 0.3) is 5.69 Å². The number of anilines is 1. The quantitative estimate of drug-likeness (QED) is 0.332. The molecule has 0 aliphatic carbocycles. The lowest BCUT2D eigenvalue weighted by Gasteiger charge is -2.06. The van der Waals surface area contributed by atoms with Crippen molar-refractivity contribution in [1.29, 1.82) is 5.26 Å². The summed E-state index contributed by atoms with van der Waals surface area (Å²) in [6.45, 7) is 2.47. The van der Waals surface area contributed by atoms with E-state index in [1.54, 1.807) is 6.07 Å². The highest BCUT2D eigenvalue weighted by atomic mass is 35.5. The zero-order chi connectivity index (χ0) is 17.5. The van der Waals surface area contributed by atoms with Crippen LogP contribution in [0.25, 0.3) is 0 Å². The topological polar surface area (TPSA) is 104 Å². The Labute approximate surface area is 143 Å². The third kappa shape index (κ3) is 4.51. The van der Waals surface area contributed by atoms with Crippen molar-refractivity contribution < 1.29 is 4.92 Å². The van der Waals surface area contributed by atoms with Crippen molar-refractivity contribution in [3.63, 3.8) is 0 Å². The van der Waals surface area contributed by atoms with Crippen molar-refractivity contribution in [1.82, 2.24) is 0 Å². The van der Waals surface area contributed by atoms with E-state index in [4.69, 9.17) is 16.9 Å². The van der Waals surface area contributed by atoms with E-state index in [2.05, 4.69) is 21.6 Å². The molecule has 0 atom stereocenters. The van der Waals surface area contributed by atoms with Gasteiger partial charge in [-0.25, -0.2) is 0 Å². The second-order valence-corrected chi connectivity index (χ2v) is 5.34. The van der Waals surface area contributed by atoms with E-state index in [0.29, 0.717) is 24.3 Å². The van der Waals surface area contributed by atoms with E-state index in [0.717, 1.165) is 11.3 Å². The molecule has 7 nitrogen and oxygen atoms in total. The van der Waals surface area contributed by atoms with Gasteiger partial charge in [0, 0.05) is 24.4 Å². The van der Waals surface area contributed by atoms with Gasteiger partial charge in [0.15, 0.2) is 0 Å². The van der Waals surface area contributed by atoms with Crippen LogP contribution in [0.3, 0.4) is 0 Å². The molecule has 0 fully saturated rings. The van der Waals surface area contributed by atoms with Gasteiger partial charge < -0.3 is 5.32 Å². The van der Waals surface area contributed by atoms with Crippen molar-refractivity contribution in [3.05, 3.63) is 57.1 Å². The second-order valence-electron chi connectivity index (χ2n) is 4.93. The zero-order valence-corrected chi connectivity index (χ0v) is 13.6. The Hall–Kier alpha value is -2.98. The number of nitrogens with one attached hydrogen (secondary N) is 1. The summed E-state index contributed by atoms with van der Waals surface area (Å²) in [5.41, 5.74) is 2.73. The number of nitro groups is 1. The normalized spacial score (nSPS) is 10.5. The van der Waals surface area contributed by atoms with E-state index in [-0.39, 0.29) is 10.7 Å². The van der Waals surface area contributed by atoms with Crippen LogP contribution >= 0.6 is 11.6 Å². The highest BCUT2D eigenvalue weighted by Gasteiger charge is 2.09. The SMILES string of the molecule is Cc1cc(NCCC#N)ccc1N=Nc1ccc([N+](=O)[O-])cc1Cl. The van der Waals surface area contributed by atoms with E-state index in [9.17, 15) is 10.1 Å². The first-order valence-electron chi connectivity index (χ1n) is 7.08. The number of halogens is 1. The Bertz CT molecular complexity index is 830. The summed E-state index contributed by atoms with van der Waals surface area (Å²) in [6, 6.07) is 11.6. The van der Waals surface area contributed by atoms with Crippen LogP contribution in [0.4, 0.5) is 22.7 Å². The van der Waals surface area contributed by atoms with Gasteiger partial charge in [-0.05, 0) is 36.8 Å². The summed E-state index contributed by atoms with van der Waals surface area (Å²) in [5.74, 6) is 0. The summed E-state index contributed by atoms with van der Waals surface area (Å²) in [5, 5.41) is 30.7. The summed E-state index contributed by atoms with van der Waals surface area (Å²) in [7, 11) is 0. The van der Waals surface area contributed by atoms with Gasteiger partial charge in [0.1, 0.15) is 5.69 Å². The minimum Gasteiger partial charge on any atom is -0.384 e. The van der Waals surface area contributed by atoms with E-state index in [1.807, 2.05) is 19.1 Å². The van der Waals surface area contributed by atoms with Gasteiger partial charge in [0.2, 0.25) is 0 Å². The Balaban J connectivity index is 2.14. The third-order valence-electron chi connectivity index (χ3n) is 3.17. The maximum absolute atomic E-state index is 10.7. The first-order valence-corrected chi connectivity index (χ1v) is 7.46. The second kappa shape index (κ2) is 8.04. The molecule has 0 bridgehead atoms. The van der Waals surface area contributed by atoms with Gasteiger partial charge >= 0.3 is 0 Å². The molecule has 122 valence electrons. The highest BCUT2D eigenvalue weighted by molar-refractivity contribution is 6.33. The van der Waals surface area contributed by atoms with Crippen LogP contribution in [0.1, 0.15) is 12.0 Å². The number of benzene rings is 2. The molecule has 0 aliphatic rings. The lowest BCUT2D eigenvalue weighted by atomic mass is 10.2. The monoisotopic (exact) mass is 343 g/mol.